The molecule has 0 aliphatic heterocycles. The summed E-state index contributed by atoms with van der Waals surface area (Å²) in [5, 5.41) is 2.45. The van der Waals surface area contributed by atoms with E-state index in [0.717, 1.165) is 6.42 Å². The molecule has 1 aromatic rings. The molecule has 1 atom stereocenters. The van der Waals surface area contributed by atoms with E-state index < -0.39 is 0 Å². The molecule has 0 spiro atoms. The smallest absolute Gasteiger partial charge is 0.0384 e. The van der Waals surface area contributed by atoms with Crippen LogP contribution in [0, 0.1) is 5.41 Å². The zero-order valence-electron chi connectivity index (χ0n) is 9.92. The van der Waals surface area contributed by atoms with Gasteiger partial charge >= 0.3 is 0 Å². The molecule has 2 heteroatoms. The molecule has 0 amide bonds. The number of halogens is 1. The third-order valence-corrected chi connectivity index (χ3v) is 4.46. The lowest BCUT2D eigenvalue weighted by molar-refractivity contribution is 0.366. The summed E-state index contributed by atoms with van der Waals surface area (Å²) in [6, 6.07) is 4.34. The van der Waals surface area contributed by atoms with Crippen molar-refractivity contribution in [3.8, 4) is 0 Å². The van der Waals surface area contributed by atoms with E-state index in [2.05, 4.69) is 38.3 Å². The largest absolute Gasteiger partial charge is 0.149 e. The highest BCUT2D eigenvalue weighted by molar-refractivity contribution is 7.09. The molecule has 0 N–H and O–H groups in total. The minimum absolute atomic E-state index is 0.241. The Morgan fingerprint density at radius 2 is 2.07 bits per heavy atom. The molecule has 0 radical (unpaired) electrons. The van der Waals surface area contributed by atoms with Crippen molar-refractivity contribution in [3.63, 3.8) is 0 Å². The second-order valence-corrected chi connectivity index (χ2v) is 6.72. The predicted molar refractivity (Wildman–Crippen MR) is 71.0 cm³/mol. The van der Waals surface area contributed by atoms with Crippen LogP contribution < -0.4 is 0 Å². The van der Waals surface area contributed by atoms with Gasteiger partial charge in [0.1, 0.15) is 0 Å². The Bertz CT molecular complexity index is 259. The van der Waals surface area contributed by atoms with Crippen molar-refractivity contribution in [2.24, 2.45) is 5.41 Å². The maximum Gasteiger partial charge on any atom is 0.0384 e. The molecule has 1 unspecified atom stereocenters. The van der Waals surface area contributed by atoms with Crippen LogP contribution in [0.4, 0.5) is 0 Å². The zero-order valence-corrected chi connectivity index (χ0v) is 11.5. The second-order valence-electron chi connectivity index (χ2n) is 5.16. The van der Waals surface area contributed by atoms with Gasteiger partial charge in [-0.25, -0.2) is 0 Å². The Kier molecular flexibility index (Phi) is 5.14. The average Bonchev–Trinajstić information content (AvgIpc) is 2.63. The van der Waals surface area contributed by atoms with E-state index in [4.69, 9.17) is 11.6 Å². The highest BCUT2D eigenvalue weighted by Crippen LogP contribution is 2.28. The Labute approximate surface area is 103 Å². The summed E-state index contributed by atoms with van der Waals surface area (Å²) in [6.07, 6.45) is 4.85. The van der Waals surface area contributed by atoms with E-state index in [1.165, 1.54) is 24.1 Å². The molecular weight excluding hydrogens is 224 g/mol. The lowest BCUT2D eigenvalue weighted by Gasteiger charge is -2.24. The van der Waals surface area contributed by atoms with E-state index in [9.17, 15) is 0 Å². The second kappa shape index (κ2) is 5.91. The normalized spacial score (nSPS) is 14.1. The summed E-state index contributed by atoms with van der Waals surface area (Å²) in [5.74, 6) is 0. The first-order chi connectivity index (χ1) is 7.00. The van der Waals surface area contributed by atoms with Crippen molar-refractivity contribution < 1.29 is 0 Å². The molecule has 0 nitrogen and oxygen atoms in total. The minimum atomic E-state index is 0.241. The van der Waals surface area contributed by atoms with Gasteiger partial charge < -0.3 is 0 Å². The first kappa shape index (κ1) is 13.1. The average molecular weight is 245 g/mol. The highest BCUT2D eigenvalue weighted by atomic mass is 35.5. The van der Waals surface area contributed by atoms with Crippen molar-refractivity contribution in [2.45, 2.75) is 51.8 Å². The Morgan fingerprint density at radius 1 is 1.33 bits per heavy atom. The first-order valence-corrected chi connectivity index (χ1v) is 6.98. The monoisotopic (exact) mass is 244 g/mol. The van der Waals surface area contributed by atoms with Crippen LogP contribution in [0.5, 0.6) is 0 Å². The molecule has 86 valence electrons. The number of aryl methyl sites for hydroxylation is 1. The van der Waals surface area contributed by atoms with Crippen molar-refractivity contribution >= 4 is 22.9 Å². The fourth-order valence-electron chi connectivity index (χ4n) is 1.51. The molecular formula is C13H21ClS. The van der Waals surface area contributed by atoms with Crippen molar-refractivity contribution in [3.05, 3.63) is 22.4 Å². The molecule has 1 rings (SSSR count). The molecule has 0 aromatic carbocycles. The van der Waals surface area contributed by atoms with Crippen LogP contribution in [0.15, 0.2) is 17.5 Å². The van der Waals surface area contributed by atoms with Crippen LogP contribution in [-0.4, -0.2) is 5.38 Å². The quantitative estimate of drug-likeness (QED) is 0.499. The summed E-state index contributed by atoms with van der Waals surface area (Å²) in [5.41, 5.74) is 0.241. The lowest BCUT2D eigenvalue weighted by Crippen LogP contribution is -2.20. The maximum atomic E-state index is 6.32. The molecule has 1 heterocycles. The van der Waals surface area contributed by atoms with Crippen molar-refractivity contribution in [2.75, 3.05) is 0 Å². The number of hydrogen-bond donors (Lipinski definition) is 0. The SMILES string of the molecule is CC(C)(C)C(Cl)CCCCc1cccs1. The van der Waals surface area contributed by atoms with Gasteiger partial charge in [-0.2, -0.15) is 0 Å². The van der Waals surface area contributed by atoms with Crippen molar-refractivity contribution in [1.82, 2.24) is 0 Å². The van der Waals surface area contributed by atoms with Crippen LogP contribution in [0.3, 0.4) is 0 Å². The lowest BCUT2D eigenvalue weighted by atomic mass is 9.88. The first-order valence-electron chi connectivity index (χ1n) is 5.66. The van der Waals surface area contributed by atoms with Gasteiger partial charge in [-0.1, -0.05) is 33.3 Å². The Hall–Kier alpha value is -0.0100. The Morgan fingerprint density at radius 3 is 2.60 bits per heavy atom. The number of thiophene rings is 1. The molecule has 0 aliphatic carbocycles. The molecule has 1 aromatic heterocycles. The van der Waals surface area contributed by atoms with Crippen LogP contribution in [0.1, 0.15) is 44.9 Å². The summed E-state index contributed by atoms with van der Waals surface area (Å²) < 4.78 is 0. The van der Waals surface area contributed by atoms with Crippen molar-refractivity contribution in [1.29, 1.82) is 0 Å². The fourth-order valence-corrected chi connectivity index (χ4v) is 2.42. The van der Waals surface area contributed by atoms with Gasteiger partial charge in [-0.3, -0.25) is 0 Å². The van der Waals surface area contributed by atoms with Gasteiger partial charge in [-0.05, 0) is 36.1 Å². The van der Waals surface area contributed by atoms with Gasteiger partial charge in [0, 0.05) is 10.3 Å². The summed E-state index contributed by atoms with van der Waals surface area (Å²) in [7, 11) is 0. The molecule has 0 aliphatic rings. The van der Waals surface area contributed by atoms with E-state index >= 15 is 0 Å². The highest BCUT2D eigenvalue weighted by Gasteiger charge is 2.21. The summed E-state index contributed by atoms with van der Waals surface area (Å²) in [4.78, 5) is 1.50. The third-order valence-electron chi connectivity index (χ3n) is 2.65. The summed E-state index contributed by atoms with van der Waals surface area (Å²) in [6.45, 7) is 6.64. The topological polar surface area (TPSA) is 0 Å². The van der Waals surface area contributed by atoms with Gasteiger partial charge in [0.05, 0.1) is 0 Å². The number of hydrogen-bond acceptors (Lipinski definition) is 1. The van der Waals surface area contributed by atoms with E-state index in [1.54, 1.807) is 0 Å². The van der Waals surface area contributed by atoms with E-state index in [1.807, 2.05) is 11.3 Å². The molecule has 0 bridgehead atoms. The number of rotatable bonds is 5. The molecule has 15 heavy (non-hydrogen) atoms. The minimum Gasteiger partial charge on any atom is -0.149 e. The van der Waals surface area contributed by atoms with Gasteiger partial charge in [-0.15, -0.1) is 22.9 Å². The summed E-state index contributed by atoms with van der Waals surface area (Å²) >= 11 is 8.17. The van der Waals surface area contributed by atoms with Gasteiger partial charge in [0.25, 0.3) is 0 Å². The fraction of sp³-hybridized carbons (Fsp3) is 0.692. The maximum absolute atomic E-state index is 6.32. The van der Waals surface area contributed by atoms with E-state index in [-0.39, 0.29) is 5.41 Å². The van der Waals surface area contributed by atoms with Crippen LogP contribution in [0.2, 0.25) is 0 Å². The number of alkyl halides is 1. The van der Waals surface area contributed by atoms with Gasteiger partial charge in [0.2, 0.25) is 0 Å². The molecule has 0 saturated carbocycles. The van der Waals surface area contributed by atoms with Crippen LogP contribution >= 0.6 is 22.9 Å². The Balaban J connectivity index is 2.12. The zero-order chi connectivity index (χ0) is 11.3. The standard InChI is InChI=1S/C13H21ClS/c1-13(2,3)12(14)9-5-4-7-11-8-6-10-15-11/h6,8,10,12H,4-5,7,9H2,1-3H3. The number of unbranched alkanes of at least 4 members (excludes halogenated alkanes) is 1. The van der Waals surface area contributed by atoms with Gasteiger partial charge in [0.15, 0.2) is 0 Å². The van der Waals surface area contributed by atoms with Crippen LogP contribution in [-0.2, 0) is 6.42 Å². The molecule has 0 saturated heterocycles. The molecule has 0 fully saturated rings. The third kappa shape index (κ3) is 5.03. The predicted octanol–water partition coefficient (Wildman–Crippen LogP) is 5.11. The van der Waals surface area contributed by atoms with Crippen LogP contribution in [0.25, 0.3) is 0 Å². The van der Waals surface area contributed by atoms with E-state index in [0.29, 0.717) is 5.38 Å².